The molecule has 1 aromatic carbocycles. The summed E-state index contributed by atoms with van der Waals surface area (Å²) in [6.45, 7) is 4.69. The molecule has 0 saturated carbocycles. The number of likely N-dealkylation sites (N-methyl/N-ethyl adjacent to an activating group) is 1. The molecule has 76 valence electrons. The van der Waals surface area contributed by atoms with Gasteiger partial charge in [0.2, 0.25) is 5.91 Å². The number of hydrogen-bond acceptors (Lipinski definition) is 1. The zero-order valence-corrected chi connectivity index (χ0v) is 9.03. The maximum Gasteiger partial charge on any atom is 0.229 e. The molecule has 0 fully saturated rings. The van der Waals surface area contributed by atoms with E-state index in [2.05, 4.69) is 0 Å². The normalized spacial score (nSPS) is 12.2. The Morgan fingerprint density at radius 1 is 1.36 bits per heavy atom. The van der Waals surface area contributed by atoms with Crippen molar-refractivity contribution in [1.29, 1.82) is 0 Å². The van der Waals surface area contributed by atoms with Gasteiger partial charge < -0.3 is 4.90 Å². The lowest BCUT2D eigenvalue weighted by molar-refractivity contribution is -0.130. The van der Waals surface area contributed by atoms with E-state index in [0.29, 0.717) is 0 Å². The van der Waals surface area contributed by atoms with Crippen LogP contribution in [0.3, 0.4) is 0 Å². The summed E-state index contributed by atoms with van der Waals surface area (Å²) < 4.78 is 0. The van der Waals surface area contributed by atoms with Crippen molar-refractivity contribution < 1.29 is 4.79 Å². The summed E-state index contributed by atoms with van der Waals surface area (Å²) in [4.78, 5) is 13.5. The Hall–Kier alpha value is -1.31. The lowest BCUT2D eigenvalue weighted by Gasteiger charge is -2.19. The minimum Gasteiger partial charge on any atom is -0.346 e. The number of carbonyl (C=O) groups excluding carboxylic acids is 1. The van der Waals surface area contributed by atoms with Crippen molar-refractivity contribution in [2.24, 2.45) is 0 Å². The molecule has 2 nitrogen and oxygen atoms in total. The van der Waals surface area contributed by atoms with Gasteiger partial charge in [0.15, 0.2) is 0 Å². The van der Waals surface area contributed by atoms with Crippen LogP contribution in [0.15, 0.2) is 30.3 Å². The molecule has 0 spiro atoms. The van der Waals surface area contributed by atoms with Crippen LogP contribution < -0.4 is 0 Å². The third kappa shape index (κ3) is 2.34. The van der Waals surface area contributed by atoms with Crippen molar-refractivity contribution >= 4 is 5.91 Å². The van der Waals surface area contributed by atoms with Crippen LogP contribution in [0, 0.1) is 0 Å². The molecule has 0 aliphatic carbocycles. The monoisotopic (exact) mass is 191 g/mol. The van der Waals surface area contributed by atoms with Gasteiger partial charge >= 0.3 is 0 Å². The number of amides is 1. The number of carbonyl (C=O) groups is 1. The first kappa shape index (κ1) is 10.8. The van der Waals surface area contributed by atoms with Crippen molar-refractivity contribution in [2.45, 2.75) is 19.8 Å². The van der Waals surface area contributed by atoms with Crippen LogP contribution in [0.1, 0.15) is 25.3 Å². The highest BCUT2D eigenvalue weighted by molar-refractivity contribution is 5.83. The van der Waals surface area contributed by atoms with E-state index < -0.39 is 0 Å². The summed E-state index contributed by atoms with van der Waals surface area (Å²) in [5.41, 5.74) is 1.08. The molecule has 1 rings (SSSR count). The minimum absolute atomic E-state index is 0.0406. The lowest BCUT2D eigenvalue weighted by Crippen LogP contribution is -2.30. The van der Waals surface area contributed by atoms with E-state index in [1.165, 1.54) is 0 Å². The summed E-state index contributed by atoms with van der Waals surface area (Å²) in [7, 11) is 1.84. The first-order valence-corrected chi connectivity index (χ1v) is 4.96. The summed E-state index contributed by atoms with van der Waals surface area (Å²) in [5.74, 6) is 0.139. The van der Waals surface area contributed by atoms with E-state index in [1.54, 1.807) is 4.90 Å². The predicted octanol–water partition coefficient (Wildman–Crippen LogP) is 2.27. The van der Waals surface area contributed by atoms with Crippen molar-refractivity contribution in [3.63, 3.8) is 0 Å². The van der Waals surface area contributed by atoms with Crippen LogP contribution in [-0.4, -0.2) is 24.4 Å². The Bertz CT molecular complexity index is 294. The second kappa shape index (κ2) is 4.80. The maximum absolute atomic E-state index is 11.8. The highest BCUT2D eigenvalue weighted by atomic mass is 16.2. The van der Waals surface area contributed by atoms with Crippen LogP contribution in [0.5, 0.6) is 0 Å². The molecular formula is C12H17NO. The fraction of sp³-hybridized carbons (Fsp3) is 0.417. The van der Waals surface area contributed by atoms with Crippen LogP contribution >= 0.6 is 0 Å². The molecule has 0 aliphatic heterocycles. The molecule has 14 heavy (non-hydrogen) atoms. The third-order valence-electron chi connectivity index (χ3n) is 2.52. The van der Waals surface area contributed by atoms with Gasteiger partial charge in [-0.3, -0.25) is 4.79 Å². The van der Waals surface area contributed by atoms with Gasteiger partial charge in [-0.15, -0.1) is 0 Å². The summed E-state index contributed by atoms with van der Waals surface area (Å²) >= 11 is 0. The molecule has 1 amide bonds. The smallest absolute Gasteiger partial charge is 0.229 e. The van der Waals surface area contributed by atoms with Crippen molar-refractivity contribution in [1.82, 2.24) is 4.90 Å². The molecule has 0 N–H and O–H groups in total. The molecule has 0 radical (unpaired) electrons. The van der Waals surface area contributed by atoms with Crippen molar-refractivity contribution in [3.8, 4) is 0 Å². The van der Waals surface area contributed by atoms with Gasteiger partial charge in [0.25, 0.3) is 0 Å². The largest absolute Gasteiger partial charge is 0.346 e. The number of benzene rings is 1. The van der Waals surface area contributed by atoms with Crippen molar-refractivity contribution in [2.75, 3.05) is 13.6 Å². The Labute approximate surface area is 85.5 Å². The fourth-order valence-electron chi connectivity index (χ4n) is 1.37. The summed E-state index contributed by atoms with van der Waals surface area (Å²) in [6.07, 6.45) is 0. The number of hydrogen-bond donors (Lipinski definition) is 0. The molecule has 0 heterocycles. The highest BCUT2D eigenvalue weighted by Crippen LogP contribution is 2.16. The van der Waals surface area contributed by atoms with Gasteiger partial charge in [0, 0.05) is 13.6 Å². The Kier molecular flexibility index (Phi) is 3.69. The van der Waals surface area contributed by atoms with Gasteiger partial charge in [-0.05, 0) is 19.4 Å². The first-order valence-electron chi connectivity index (χ1n) is 4.96. The van der Waals surface area contributed by atoms with Crippen LogP contribution in [0.25, 0.3) is 0 Å². The highest BCUT2D eigenvalue weighted by Gasteiger charge is 2.17. The van der Waals surface area contributed by atoms with Crippen molar-refractivity contribution in [3.05, 3.63) is 35.9 Å². The molecule has 0 aromatic heterocycles. The lowest BCUT2D eigenvalue weighted by atomic mass is 10.00. The Morgan fingerprint density at radius 3 is 2.43 bits per heavy atom. The van der Waals surface area contributed by atoms with Gasteiger partial charge in [0.1, 0.15) is 0 Å². The Morgan fingerprint density at radius 2 is 1.93 bits per heavy atom. The minimum atomic E-state index is -0.0406. The van der Waals surface area contributed by atoms with Gasteiger partial charge in [0.05, 0.1) is 5.92 Å². The molecule has 0 saturated heterocycles. The van der Waals surface area contributed by atoms with E-state index in [9.17, 15) is 4.79 Å². The molecule has 1 aromatic rings. The SMILES string of the molecule is CCN(C)C(=O)C(C)c1ccccc1. The third-order valence-corrected chi connectivity index (χ3v) is 2.52. The number of rotatable bonds is 3. The maximum atomic E-state index is 11.8. The Balaban J connectivity index is 2.76. The predicted molar refractivity (Wildman–Crippen MR) is 58.2 cm³/mol. The van der Waals surface area contributed by atoms with E-state index in [4.69, 9.17) is 0 Å². The molecule has 0 bridgehead atoms. The average molecular weight is 191 g/mol. The van der Waals surface area contributed by atoms with E-state index in [1.807, 2.05) is 51.2 Å². The average Bonchev–Trinajstić information content (AvgIpc) is 2.27. The molecular weight excluding hydrogens is 174 g/mol. The second-order valence-electron chi connectivity index (χ2n) is 3.48. The molecule has 0 aliphatic rings. The van der Waals surface area contributed by atoms with Crippen LogP contribution in [0.2, 0.25) is 0 Å². The zero-order chi connectivity index (χ0) is 10.6. The fourth-order valence-corrected chi connectivity index (χ4v) is 1.37. The van der Waals surface area contributed by atoms with Gasteiger partial charge in [-0.2, -0.15) is 0 Å². The van der Waals surface area contributed by atoms with Crippen LogP contribution in [-0.2, 0) is 4.79 Å². The van der Waals surface area contributed by atoms with E-state index in [0.717, 1.165) is 12.1 Å². The first-order chi connectivity index (χ1) is 6.66. The standard InChI is InChI=1S/C12H17NO/c1-4-13(3)12(14)10(2)11-8-6-5-7-9-11/h5-10H,4H2,1-3H3. The summed E-state index contributed by atoms with van der Waals surface area (Å²) in [5, 5.41) is 0. The molecule has 1 unspecified atom stereocenters. The van der Waals surface area contributed by atoms with Gasteiger partial charge in [-0.25, -0.2) is 0 Å². The van der Waals surface area contributed by atoms with E-state index >= 15 is 0 Å². The topological polar surface area (TPSA) is 20.3 Å². The summed E-state index contributed by atoms with van der Waals surface area (Å²) in [6, 6.07) is 9.87. The second-order valence-corrected chi connectivity index (χ2v) is 3.48. The van der Waals surface area contributed by atoms with Crippen LogP contribution in [0.4, 0.5) is 0 Å². The molecule has 1 atom stereocenters. The quantitative estimate of drug-likeness (QED) is 0.717. The van der Waals surface area contributed by atoms with E-state index in [-0.39, 0.29) is 11.8 Å². The zero-order valence-electron chi connectivity index (χ0n) is 9.03. The number of nitrogens with zero attached hydrogens (tertiary/aromatic N) is 1. The van der Waals surface area contributed by atoms with Gasteiger partial charge in [-0.1, -0.05) is 30.3 Å². The molecule has 2 heteroatoms.